The van der Waals surface area contributed by atoms with Crippen LogP contribution in [0.2, 0.25) is 0 Å². The van der Waals surface area contributed by atoms with Crippen LogP contribution in [0, 0.1) is 0 Å². The Balaban J connectivity index is 2.65. The average Bonchev–Trinajstić information content (AvgIpc) is 2.26. The van der Waals surface area contributed by atoms with Crippen LogP contribution < -0.4 is 10.6 Å². The van der Waals surface area contributed by atoms with Crippen LogP contribution in [0.15, 0.2) is 12.1 Å². The zero-order chi connectivity index (χ0) is 12.0. The Morgan fingerprint density at radius 3 is 2.50 bits per heavy atom. The summed E-state index contributed by atoms with van der Waals surface area (Å²) in [6, 6.07) is 4.18. The van der Waals surface area contributed by atoms with Gasteiger partial charge in [-0.15, -0.1) is 10.2 Å². The molecule has 1 rings (SSSR count). The van der Waals surface area contributed by atoms with Crippen LogP contribution >= 0.6 is 0 Å². The van der Waals surface area contributed by atoms with Gasteiger partial charge in [-0.1, -0.05) is 19.8 Å². The van der Waals surface area contributed by atoms with E-state index < -0.39 is 0 Å². The average molecular weight is 222 g/mol. The van der Waals surface area contributed by atoms with Gasteiger partial charge < -0.3 is 10.6 Å². The van der Waals surface area contributed by atoms with Crippen LogP contribution in [0.4, 0.5) is 11.6 Å². The number of nitrogens with zero attached hydrogens (tertiary/aromatic N) is 3. The highest BCUT2D eigenvalue weighted by atomic mass is 15.3. The molecule has 0 unspecified atom stereocenters. The van der Waals surface area contributed by atoms with Gasteiger partial charge in [0.15, 0.2) is 5.82 Å². The summed E-state index contributed by atoms with van der Waals surface area (Å²) in [6.45, 7) is 7.58. The zero-order valence-electron chi connectivity index (χ0n) is 10.5. The molecule has 1 aromatic heterocycles. The van der Waals surface area contributed by atoms with Gasteiger partial charge in [0.25, 0.3) is 0 Å². The Morgan fingerprint density at radius 2 is 2.00 bits per heavy atom. The van der Waals surface area contributed by atoms with Crippen molar-refractivity contribution in [3.05, 3.63) is 12.1 Å². The van der Waals surface area contributed by atoms with E-state index in [1.807, 2.05) is 6.07 Å². The molecule has 90 valence electrons. The maximum atomic E-state index is 5.53. The van der Waals surface area contributed by atoms with Gasteiger partial charge in [0.2, 0.25) is 0 Å². The van der Waals surface area contributed by atoms with E-state index in [9.17, 15) is 0 Å². The van der Waals surface area contributed by atoms with Crippen molar-refractivity contribution in [1.29, 1.82) is 0 Å². The topological polar surface area (TPSA) is 55.0 Å². The van der Waals surface area contributed by atoms with Gasteiger partial charge in [0.05, 0.1) is 0 Å². The number of anilines is 2. The third kappa shape index (κ3) is 3.68. The van der Waals surface area contributed by atoms with Crippen molar-refractivity contribution in [2.24, 2.45) is 0 Å². The lowest BCUT2D eigenvalue weighted by atomic mass is 10.2. The van der Waals surface area contributed by atoms with E-state index in [2.05, 4.69) is 35.9 Å². The molecule has 0 fully saturated rings. The van der Waals surface area contributed by atoms with Gasteiger partial charge in [-0.3, -0.25) is 0 Å². The van der Waals surface area contributed by atoms with Crippen molar-refractivity contribution in [2.75, 3.05) is 17.2 Å². The summed E-state index contributed by atoms with van der Waals surface area (Å²) in [5, 5.41) is 8.03. The summed E-state index contributed by atoms with van der Waals surface area (Å²) < 4.78 is 0. The highest BCUT2D eigenvalue weighted by molar-refractivity contribution is 5.41. The predicted octanol–water partition coefficient (Wildman–Crippen LogP) is 2.46. The highest BCUT2D eigenvalue weighted by Gasteiger charge is 2.11. The molecule has 0 saturated heterocycles. The molecule has 0 amide bonds. The molecule has 2 N–H and O–H groups in total. The Morgan fingerprint density at radius 1 is 1.25 bits per heavy atom. The van der Waals surface area contributed by atoms with Crippen LogP contribution in [-0.2, 0) is 0 Å². The summed E-state index contributed by atoms with van der Waals surface area (Å²) in [4.78, 5) is 2.27. The maximum absolute atomic E-state index is 5.53. The summed E-state index contributed by atoms with van der Waals surface area (Å²) in [6.07, 6.45) is 3.69. The smallest absolute Gasteiger partial charge is 0.151 e. The molecular formula is C12H22N4. The fourth-order valence-electron chi connectivity index (χ4n) is 1.66. The highest BCUT2D eigenvalue weighted by Crippen LogP contribution is 2.14. The van der Waals surface area contributed by atoms with E-state index in [0.717, 1.165) is 12.4 Å². The molecule has 16 heavy (non-hydrogen) atoms. The van der Waals surface area contributed by atoms with E-state index in [1.54, 1.807) is 6.07 Å². The molecule has 0 radical (unpaired) electrons. The number of unbranched alkanes of at least 4 members (excludes halogenated alkanes) is 2. The standard InChI is InChI=1S/C12H22N4/c1-4-5-6-9-16(10(2)3)12-8-7-11(13)14-15-12/h7-8,10H,4-6,9H2,1-3H3,(H2,13,14). The fourth-order valence-corrected chi connectivity index (χ4v) is 1.66. The first-order valence-corrected chi connectivity index (χ1v) is 6.01. The number of rotatable bonds is 6. The Kier molecular flexibility index (Phi) is 5.02. The monoisotopic (exact) mass is 222 g/mol. The summed E-state index contributed by atoms with van der Waals surface area (Å²) in [5.41, 5.74) is 5.53. The lowest BCUT2D eigenvalue weighted by Gasteiger charge is -2.27. The minimum absolute atomic E-state index is 0.440. The van der Waals surface area contributed by atoms with E-state index >= 15 is 0 Å². The molecule has 1 aromatic rings. The molecule has 0 aliphatic rings. The fraction of sp³-hybridized carbons (Fsp3) is 0.667. The van der Waals surface area contributed by atoms with Gasteiger partial charge in [-0.05, 0) is 32.4 Å². The second-order valence-electron chi connectivity index (χ2n) is 4.31. The molecule has 0 saturated carbocycles. The van der Waals surface area contributed by atoms with E-state index in [-0.39, 0.29) is 0 Å². The molecular weight excluding hydrogens is 200 g/mol. The summed E-state index contributed by atoms with van der Waals surface area (Å²) >= 11 is 0. The predicted molar refractivity (Wildman–Crippen MR) is 68.5 cm³/mol. The number of hydrogen-bond donors (Lipinski definition) is 1. The lowest BCUT2D eigenvalue weighted by Crippen LogP contribution is -2.32. The molecule has 4 nitrogen and oxygen atoms in total. The van der Waals surface area contributed by atoms with Crippen molar-refractivity contribution in [2.45, 2.75) is 46.1 Å². The minimum atomic E-state index is 0.440. The summed E-state index contributed by atoms with van der Waals surface area (Å²) in [7, 11) is 0. The van der Waals surface area contributed by atoms with Crippen LogP contribution in [-0.4, -0.2) is 22.8 Å². The zero-order valence-corrected chi connectivity index (χ0v) is 10.5. The van der Waals surface area contributed by atoms with Crippen molar-refractivity contribution in [3.8, 4) is 0 Å². The molecule has 1 heterocycles. The van der Waals surface area contributed by atoms with Crippen LogP contribution in [0.5, 0.6) is 0 Å². The third-order valence-electron chi connectivity index (χ3n) is 2.59. The van der Waals surface area contributed by atoms with E-state index in [4.69, 9.17) is 5.73 Å². The van der Waals surface area contributed by atoms with Crippen LogP contribution in [0.3, 0.4) is 0 Å². The van der Waals surface area contributed by atoms with Crippen LogP contribution in [0.25, 0.3) is 0 Å². The van der Waals surface area contributed by atoms with E-state index in [1.165, 1.54) is 19.3 Å². The molecule has 0 aliphatic heterocycles. The minimum Gasteiger partial charge on any atom is -0.382 e. The van der Waals surface area contributed by atoms with Crippen LogP contribution in [0.1, 0.15) is 40.0 Å². The van der Waals surface area contributed by atoms with Gasteiger partial charge in [-0.25, -0.2) is 0 Å². The van der Waals surface area contributed by atoms with Gasteiger partial charge in [0, 0.05) is 12.6 Å². The second-order valence-corrected chi connectivity index (χ2v) is 4.31. The molecule has 4 heteroatoms. The first kappa shape index (κ1) is 12.7. The SMILES string of the molecule is CCCCCN(c1ccc(N)nn1)C(C)C. The first-order valence-electron chi connectivity index (χ1n) is 6.01. The molecule has 0 atom stereocenters. The third-order valence-corrected chi connectivity index (χ3v) is 2.59. The number of hydrogen-bond acceptors (Lipinski definition) is 4. The number of nitrogens with two attached hydrogens (primary N) is 1. The van der Waals surface area contributed by atoms with Gasteiger partial charge in [0.1, 0.15) is 5.82 Å². The second kappa shape index (κ2) is 6.30. The van der Waals surface area contributed by atoms with Gasteiger partial charge >= 0.3 is 0 Å². The van der Waals surface area contributed by atoms with Crippen molar-refractivity contribution in [3.63, 3.8) is 0 Å². The maximum Gasteiger partial charge on any atom is 0.151 e. The normalized spacial score (nSPS) is 10.8. The van der Waals surface area contributed by atoms with Gasteiger partial charge in [-0.2, -0.15) is 0 Å². The molecule has 0 spiro atoms. The molecule has 0 aromatic carbocycles. The first-order chi connectivity index (χ1) is 7.65. The largest absolute Gasteiger partial charge is 0.382 e. The van der Waals surface area contributed by atoms with E-state index in [0.29, 0.717) is 11.9 Å². The number of nitrogen functional groups attached to an aromatic ring is 1. The molecule has 0 aliphatic carbocycles. The Labute approximate surface area is 97.9 Å². The Bertz CT molecular complexity index is 294. The van der Waals surface area contributed by atoms with Crippen molar-refractivity contribution < 1.29 is 0 Å². The number of aromatic nitrogens is 2. The lowest BCUT2D eigenvalue weighted by molar-refractivity contribution is 0.616. The summed E-state index contributed by atoms with van der Waals surface area (Å²) in [5.74, 6) is 1.39. The van der Waals surface area contributed by atoms with Crippen molar-refractivity contribution >= 4 is 11.6 Å². The van der Waals surface area contributed by atoms with Crippen molar-refractivity contribution in [1.82, 2.24) is 10.2 Å². The quantitative estimate of drug-likeness (QED) is 0.751. The molecule has 0 bridgehead atoms. The Hall–Kier alpha value is -1.32.